The predicted octanol–water partition coefficient (Wildman–Crippen LogP) is 11.4. The van der Waals surface area contributed by atoms with Gasteiger partial charge in [0.25, 0.3) is 0 Å². The van der Waals surface area contributed by atoms with Crippen LogP contribution in [0.3, 0.4) is 0 Å². The second-order valence-electron chi connectivity index (χ2n) is 9.76. The minimum atomic E-state index is -0.503. The summed E-state index contributed by atoms with van der Waals surface area (Å²) in [5.74, 6) is 0.554. The van der Waals surface area contributed by atoms with Gasteiger partial charge in [0.1, 0.15) is 11.3 Å². The van der Waals surface area contributed by atoms with Crippen molar-refractivity contribution >= 4 is 32.5 Å². The summed E-state index contributed by atoms with van der Waals surface area (Å²) in [5.41, 5.74) is 3.95. The Hall–Kier alpha value is -5.40. The van der Waals surface area contributed by atoms with E-state index < -0.39 is 30.2 Å². The van der Waals surface area contributed by atoms with Gasteiger partial charge in [-0.05, 0) is 49.9 Å². The fraction of sp³-hybridized carbons (Fsp3) is 0. The molecule has 7 aromatic carbocycles. The number of rotatable bonds is 4. The van der Waals surface area contributed by atoms with Crippen LogP contribution in [0.5, 0.6) is 0 Å². The van der Waals surface area contributed by atoms with Crippen LogP contribution in [0, 0.1) is 0 Å². The first-order valence-corrected chi connectivity index (χ1v) is 13.3. The first-order valence-electron chi connectivity index (χ1n) is 17.8. The van der Waals surface area contributed by atoms with Crippen molar-refractivity contribution in [1.29, 1.82) is 0 Å². The maximum Gasteiger partial charge on any atom is 0.143 e. The van der Waals surface area contributed by atoms with Gasteiger partial charge in [0.15, 0.2) is 0 Å². The Morgan fingerprint density at radius 2 is 0.951 bits per heavy atom. The molecule has 8 rings (SSSR count). The summed E-state index contributed by atoms with van der Waals surface area (Å²) in [5, 5.41) is 2.65. The molecule has 0 aliphatic carbocycles. The minimum Gasteiger partial charge on any atom is -0.455 e. The molecule has 0 saturated carbocycles. The summed E-state index contributed by atoms with van der Waals surface area (Å²) in [7, 11) is 0. The van der Waals surface area contributed by atoms with E-state index in [1.54, 1.807) is 24.3 Å². The van der Waals surface area contributed by atoms with Crippen molar-refractivity contribution in [2.45, 2.75) is 0 Å². The van der Waals surface area contributed by atoms with Crippen molar-refractivity contribution in [2.75, 3.05) is 0 Å². The van der Waals surface area contributed by atoms with Gasteiger partial charge in [-0.1, -0.05) is 151 Å². The zero-order chi connectivity index (χ0) is 35.0. The number of para-hydroxylation sites is 1. The summed E-state index contributed by atoms with van der Waals surface area (Å²) in [6.45, 7) is 0. The Labute approximate surface area is 251 Å². The molecular formula is C40H26O. The summed E-state index contributed by atoms with van der Waals surface area (Å²) in [6.07, 6.45) is 0. The maximum absolute atomic E-state index is 9.40. The van der Waals surface area contributed by atoms with Gasteiger partial charge in [0, 0.05) is 22.1 Å². The van der Waals surface area contributed by atoms with Crippen LogP contribution < -0.4 is 0 Å². The number of fused-ring (bicyclic) bond motifs is 3. The molecule has 0 atom stereocenters. The van der Waals surface area contributed by atoms with E-state index in [9.17, 15) is 2.74 Å². The lowest BCUT2D eigenvalue weighted by molar-refractivity contribution is 0.632. The Morgan fingerprint density at radius 3 is 1.71 bits per heavy atom. The molecule has 0 spiro atoms. The summed E-state index contributed by atoms with van der Waals surface area (Å²) in [4.78, 5) is 0. The molecule has 0 aliphatic heterocycles. The van der Waals surface area contributed by atoms with Gasteiger partial charge >= 0.3 is 0 Å². The molecule has 0 fully saturated rings. The van der Waals surface area contributed by atoms with Gasteiger partial charge in [-0.3, -0.25) is 0 Å². The number of hydrogen-bond acceptors (Lipinski definition) is 1. The predicted molar refractivity (Wildman–Crippen MR) is 173 cm³/mol. The summed E-state index contributed by atoms with van der Waals surface area (Å²) in [6, 6.07) is 28.2. The normalized spacial score (nSPS) is 14.5. The average Bonchev–Trinajstić information content (AvgIpc) is 3.53. The van der Waals surface area contributed by atoms with Gasteiger partial charge in [-0.25, -0.2) is 0 Å². The topological polar surface area (TPSA) is 13.1 Å². The molecule has 41 heavy (non-hydrogen) atoms. The van der Waals surface area contributed by atoms with E-state index in [-0.39, 0.29) is 40.5 Å². The summed E-state index contributed by atoms with van der Waals surface area (Å²) < 4.78 is 85.5. The maximum atomic E-state index is 9.40. The highest BCUT2D eigenvalue weighted by atomic mass is 16.3. The van der Waals surface area contributed by atoms with E-state index in [2.05, 4.69) is 0 Å². The molecule has 1 heteroatoms. The molecule has 0 aliphatic rings. The number of benzene rings is 7. The van der Waals surface area contributed by atoms with E-state index >= 15 is 0 Å². The van der Waals surface area contributed by atoms with Crippen LogP contribution in [0.4, 0.5) is 0 Å². The third-order valence-electron chi connectivity index (χ3n) is 7.50. The van der Waals surface area contributed by atoms with Gasteiger partial charge in [-0.15, -0.1) is 0 Å². The minimum absolute atomic E-state index is 0.000867. The van der Waals surface area contributed by atoms with Gasteiger partial charge < -0.3 is 4.42 Å². The molecular weight excluding hydrogens is 496 g/mol. The smallest absolute Gasteiger partial charge is 0.143 e. The molecule has 1 aromatic heterocycles. The molecule has 0 saturated heterocycles. The highest BCUT2D eigenvalue weighted by Crippen LogP contribution is 2.50. The molecule has 1 heterocycles. The van der Waals surface area contributed by atoms with E-state index in [1.807, 2.05) is 78.9 Å². The molecule has 0 amide bonds. The lowest BCUT2D eigenvalue weighted by atomic mass is 9.83. The largest absolute Gasteiger partial charge is 0.455 e. The molecule has 192 valence electrons. The van der Waals surface area contributed by atoms with Crippen LogP contribution in [0.1, 0.15) is 12.3 Å². The zero-order valence-corrected chi connectivity index (χ0v) is 21.7. The van der Waals surface area contributed by atoms with Crippen LogP contribution in [0.15, 0.2) is 162 Å². The van der Waals surface area contributed by atoms with Crippen LogP contribution in [0.25, 0.3) is 77.2 Å². The fourth-order valence-electron chi connectivity index (χ4n) is 5.81. The monoisotopic (exact) mass is 531 g/mol. The third-order valence-corrected chi connectivity index (χ3v) is 7.50. The quantitative estimate of drug-likeness (QED) is 0.206. The van der Waals surface area contributed by atoms with Gasteiger partial charge in [0.05, 0.1) is 12.3 Å². The van der Waals surface area contributed by atoms with Crippen molar-refractivity contribution in [3.05, 3.63) is 158 Å². The Balaban J connectivity index is 1.62. The van der Waals surface area contributed by atoms with Crippen molar-refractivity contribution in [1.82, 2.24) is 0 Å². The molecule has 0 radical (unpaired) electrons. The van der Waals surface area contributed by atoms with E-state index in [0.717, 1.165) is 10.9 Å². The van der Waals surface area contributed by atoms with Gasteiger partial charge in [0.2, 0.25) is 0 Å². The van der Waals surface area contributed by atoms with E-state index in [1.165, 1.54) is 0 Å². The highest BCUT2D eigenvalue weighted by molar-refractivity contribution is 6.25. The molecule has 0 unspecified atom stereocenters. The van der Waals surface area contributed by atoms with Crippen LogP contribution >= 0.6 is 0 Å². The third kappa shape index (κ3) is 3.78. The first-order chi connectivity index (χ1) is 24.1. The van der Waals surface area contributed by atoms with Crippen LogP contribution in [-0.2, 0) is 0 Å². The van der Waals surface area contributed by atoms with Crippen LogP contribution in [-0.4, -0.2) is 0 Å². The van der Waals surface area contributed by atoms with Crippen molar-refractivity contribution in [3.8, 4) is 44.7 Å². The lowest BCUT2D eigenvalue weighted by Gasteiger charge is -2.20. The average molecular weight is 532 g/mol. The van der Waals surface area contributed by atoms with Crippen molar-refractivity contribution in [3.63, 3.8) is 0 Å². The molecule has 1 nitrogen and oxygen atoms in total. The highest BCUT2D eigenvalue weighted by Gasteiger charge is 2.24. The summed E-state index contributed by atoms with van der Waals surface area (Å²) >= 11 is 0. The number of hydrogen-bond donors (Lipinski definition) is 0. The van der Waals surface area contributed by atoms with Gasteiger partial charge in [-0.2, -0.15) is 0 Å². The first kappa shape index (κ1) is 16.0. The fourth-order valence-corrected chi connectivity index (χ4v) is 5.81. The number of furan rings is 1. The van der Waals surface area contributed by atoms with E-state index in [0.29, 0.717) is 49.9 Å². The standard InChI is InChI=1S/C40H26O/c1-3-15-27(16-4-1)29-19-7-8-20-30(29)37-31-21-9-11-23-33(31)38(34-24-12-10-22-32(34)37)39-35-25-13-14-26-36(35)41-40(39)28-17-5-2-6-18-28/h1-26H/i1D,3D,4D,9D,11D,15D,16D,21D,23D. The second kappa shape index (κ2) is 9.66. The Morgan fingerprint density at radius 1 is 0.390 bits per heavy atom. The lowest BCUT2D eigenvalue weighted by Crippen LogP contribution is -1.93. The Bertz CT molecular complexity index is 2670. The molecule has 8 aromatic rings. The Kier molecular flexibility index (Phi) is 3.77. The van der Waals surface area contributed by atoms with Crippen molar-refractivity contribution < 1.29 is 16.8 Å². The second-order valence-corrected chi connectivity index (χ2v) is 9.76. The SMILES string of the molecule is [2H]c1c([2H])c([2H])c(-c2ccccc2-c2c3ccccc3c(-c3c(-c4ccccc4)oc4ccccc34)c3c([2H])c([2H])c([2H])c([2H])c23)c([2H])c1[2H]. The van der Waals surface area contributed by atoms with Crippen LogP contribution in [0.2, 0.25) is 0 Å². The van der Waals surface area contributed by atoms with Crippen molar-refractivity contribution in [2.24, 2.45) is 0 Å². The zero-order valence-electron chi connectivity index (χ0n) is 30.7. The molecule has 0 bridgehead atoms. The molecule has 0 N–H and O–H groups in total. The van der Waals surface area contributed by atoms with E-state index in [4.69, 9.17) is 14.0 Å².